The van der Waals surface area contributed by atoms with Crippen LogP contribution in [0.5, 0.6) is 0 Å². The molecule has 118 valence electrons. The van der Waals surface area contributed by atoms with Crippen LogP contribution in [-0.2, 0) is 12.8 Å². The molecule has 1 atom stereocenters. The minimum absolute atomic E-state index is 0.188. The Labute approximate surface area is 136 Å². The van der Waals surface area contributed by atoms with Crippen LogP contribution in [0.2, 0.25) is 5.02 Å². The molecule has 0 aliphatic rings. The first-order valence-electron chi connectivity index (χ1n) is 7.56. The van der Waals surface area contributed by atoms with Gasteiger partial charge in [0, 0.05) is 6.04 Å². The molecule has 4 heteroatoms. The van der Waals surface area contributed by atoms with Crippen LogP contribution in [0.25, 0.3) is 0 Å². The predicted octanol–water partition coefficient (Wildman–Crippen LogP) is 4.21. The molecule has 0 aliphatic carbocycles. The summed E-state index contributed by atoms with van der Waals surface area (Å²) in [5, 5.41) is 4.10. The summed E-state index contributed by atoms with van der Waals surface area (Å²) in [6.45, 7) is 3.08. The molecule has 0 aliphatic heterocycles. The Balaban J connectivity index is 1.69. The quantitative estimate of drug-likeness (QED) is 0.592. The Bertz CT molecular complexity index is 599. The summed E-state index contributed by atoms with van der Waals surface area (Å²) < 4.78 is 12.9. The molecule has 0 fully saturated rings. The zero-order chi connectivity index (χ0) is 15.9. The van der Waals surface area contributed by atoms with Crippen LogP contribution in [0.1, 0.15) is 24.5 Å². The van der Waals surface area contributed by atoms with Crippen LogP contribution in [-0.4, -0.2) is 12.6 Å². The Morgan fingerprint density at radius 3 is 2.50 bits per heavy atom. The van der Waals surface area contributed by atoms with Gasteiger partial charge in [-0.15, -0.1) is 0 Å². The maximum atomic E-state index is 12.9. The maximum Gasteiger partial charge on any atom is 0.123 e. The van der Waals surface area contributed by atoms with E-state index in [1.54, 1.807) is 0 Å². The normalized spacial score (nSPS) is 12.3. The lowest BCUT2D eigenvalue weighted by atomic mass is 10.1. The van der Waals surface area contributed by atoms with Gasteiger partial charge in [0.15, 0.2) is 0 Å². The van der Waals surface area contributed by atoms with E-state index in [1.165, 1.54) is 17.7 Å². The first-order valence-corrected chi connectivity index (χ1v) is 7.94. The number of hydrogen-bond donors (Lipinski definition) is 2. The predicted molar refractivity (Wildman–Crippen MR) is 91.8 cm³/mol. The summed E-state index contributed by atoms with van der Waals surface area (Å²) in [5.41, 5.74) is 8.78. The largest absolute Gasteiger partial charge is 0.398 e. The molecule has 3 N–H and O–H groups in total. The van der Waals surface area contributed by atoms with E-state index >= 15 is 0 Å². The number of benzene rings is 2. The molecule has 2 nitrogen and oxygen atoms in total. The molecule has 1 unspecified atom stereocenters. The fraction of sp³-hybridized carbons (Fsp3) is 0.333. The summed E-state index contributed by atoms with van der Waals surface area (Å²) >= 11 is 5.91. The third kappa shape index (κ3) is 5.32. The maximum absolute atomic E-state index is 12.9. The van der Waals surface area contributed by atoms with E-state index in [2.05, 4.69) is 12.2 Å². The fourth-order valence-corrected chi connectivity index (χ4v) is 2.55. The van der Waals surface area contributed by atoms with Crippen molar-refractivity contribution in [2.75, 3.05) is 12.3 Å². The van der Waals surface area contributed by atoms with Crippen LogP contribution in [0, 0.1) is 5.82 Å². The van der Waals surface area contributed by atoms with Gasteiger partial charge < -0.3 is 11.1 Å². The van der Waals surface area contributed by atoms with Gasteiger partial charge in [-0.05, 0) is 68.1 Å². The minimum Gasteiger partial charge on any atom is -0.398 e. The topological polar surface area (TPSA) is 38.0 Å². The number of aryl methyl sites for hydroxylation is 1. The third-order valence-corrected chi connectivity index (χ3v) is 3.99. The Kier molecular flexibility index (Phi) is 6.22. The van der Waals surface area contributed by atoms with E-state index in [1.807, 2.05) is 30.3 Å². The van der Waals surface area contributed by atoms with E-state index in [0.717, 1.165) is 31.4 Å². The zero-order valence-corrected chi connectivity index (χ0v) is 13.5. The van der Waals surface area contributed by atoms with Gasteiger partial charge in [-0.25, -0.2) is 4.39 Å². The van der Waals surface area contributed by atoms with Gasteiger partial charge >= 0.3 is 0 Å². The molecule has 2 aromatic carbocycles. The van der Waals surface area contributed by atoms with Crippen LogP contribution in [0.4, 0.5) is 10.1 Å². The highest BCUT2D eigenvalue weighted by molar-refractivity contribution is 6.33. The number of nitrogen functional groups attached to an aromatic ring is 1. The molecule has 0 aromatic heterocycles. The fourth-order valence-electron chi connectivity index (χ4n) is 2.44. The van der Waals surface area contributed by atoms with Crippen molar-refractivity contribution in [3.8, 4) is 0 Å². The number of nitrogens with one attached hydrogen (secondary N) is 1. The Morgan fingerprint density at radius 1 is 1.14 bits per heavy atom. The van der Waals surface area contributed by atoms with Gasteiger partial charge in [0.25, 0.3) is 0 Å². The van der Waals surface area contributed by atoms with Crippen molar-refractivity contribution >= 4 is 17.3 Å². The number of hydrogen-bond acceptors (Lipinski definition) is 2. The van der Waals surface area contributed by atoms with Crippen molar-refractivity contribution in [3.63, 3.8) is 0 Å². The van der Waals surface area contributed by atoms with E-state index in [4.69, 9.17) is 17.3 Å². The summed E-state index contributed by atoms with van der Waals surface area (Å²) in [6.07, 6.45) is 2.90. The number of anilines is 1. The summed E-state index contributed by atoms with van der Waals surface area (Å²) in [6, 6.07) is 12.8. The van der Waals surface area contributed by atoms with Gasteiger partial charge in [0.2, 0.25) is 0 Å². The standard InChI is InChI=1S/C18H22ClFN2/c1-13(11-15-4-7-16(20)8-5-15)22-10-2-3-14-6-9-17(19)18(21)12-14/h4-9,12-13,22H,2-3,10-11,21H2,1H3. The molecule has 0 radical (unpaired) electrons. The van der Waals surface area contributed by atoms with Crippen molar-refractivity contribution in [3.05, 3.63) is 64.4 Å². The molecule has 0 amide bonds. The third-order valence-electron chi connectivity index (χ3n) is 3.65. The molecule has 0 bridgehead atoms. The summed E-state index contributed by atoms with van der Waals surface area (Å²) in [4.78, 5) is 0. The molecular formula is C18H22ClFN2. The van der Waals surface area contributed by atoms with Crippen molar-refractivity contribution in [1.82, 2.24) is 5.32 Å². The van der Waals surface area contributed by atoms with Crippen molar-refractivity contribution < 1.29 is 4.39 Å². The Hall–Kier alpha value is -1.58. The average molecular weight is 321 g/mol. The summed E-state index contributed by atoms with van der Waals surface area (Å²) in [7, 11) is 0. The minimum atomic E-state index is -0.188. The zero-order valence-electron chi connectivity index (χ0n) is 12.8. The lowest BCUT2D eigenvalue weighted by molar-refractivity contribution is 0.533. The van der Waals surface area contributed by atoms with Crippen LogP contribution < -0.4 is 11.1 Å². The molecule has 2 aromatic rings. The van der Waals surface area contributed by atoms with Crippen molar-refractivity contribution in [2.45, 2.75) is 32.2 Å². The lowest BCUT2D eigenvalue weighted by Gasteiger charge is -2.14. The van der Waals surface area contributed by atoms with Crippen LogP contribution in [0.3, 0.4) is 0 Å². The molecule has 0 saturated carbocycles. The molecule has 0 saturated heterocycles. The lowest BCUT2D eigenvalue weighted by Crippen LogP contribution is -2.29. The highest BCUT2D eigenvalue weighted by atomic mass is 35.5. The van der Waals surface area contributed by atoms with E-state index in [0.29, 0.717) is 16.8 Å². The molecular weight excluding hydrogens is 299 g/mol. The van der Waals surface area contributed by atoms with E-state index in [-0.39, 0.29) is 5.82 Å². The van der Waals surface area contributed by atoms with Crippen LogP contribution >= 0.6 is 11.6 Å². The SMILES string of the molecule is CC(Cc1ccc(F)cc1)NCCCc1ccc(Cl)c(N)c1. The second-order valence-electron chi connectivity index (χ2n) is 5.65. The molecule has 2 rings (SSSR count). The second-order valence-corrected chi connectivity index (χ2v) is 6.05. The number of rotatable bonds is 7. The highest BCUT2D eigenvalue weighted by Gasteiger charge is 2.04. The molecule has 0 heterocycles. The first kappa shape index (κ1) is 16.8. The van der Waals surface area contributed by atoms with Gasteiger partial charge in [-0.2, -0.15) is 0 Å². The first-order chi connectivity index (χ1) is 10.5. The van der Waals surface area contributed by atoms with Crippen molar-refractivity contribution in [2.24, 2.45) is 0 Å². The second kappa shape index (κ2) is 8.16. The van der Waals surface area contributed by atoms with E-state index in [9.17, 15) is 4.39 Å². The molecule has 22 heavy (non-hydrogen) atoms. The Morgan fingerprint density at radius 2 is 1.82 bits per heavy atom. The summed E-state index contributed by atoms with van der Waals surface area (Å²) in [5.74, 6) is -0.188. The molecule has 0 spiro atoms. The van der Waals surface area contributed by atoms with E-state index < -0.39 is 0 Å². The van der Waals surface area contributed by atoms with Crippen molar-refractivity contribution in [1.29, 1.82) is 0 Å². The van der Waals surface area contributed by atoms with Gasteiger partial charge in [-0.1, -0.05) is 29.8 Å². The van der Waals surface area contributed by atoms with Gasteiger partial charge in [0.05, 0.1) is 10.7 Å². The number of nitrogens with two attached hydrogens (primary N) is 1. The highest BCUT2D eigenvalue weighted by Crippen LogP contribution is 2.20. The average Bonchev–Trinajstić information content (AvgIpc) is 2.49. The van der Waals surface area contributed by atoms with Gasteiger partial charge in [0.1, 0.15) is 5.82 Å². The van der Waals surface area contributed by atoms with Gasteiger partial charge in [-0.3, -0.25) is 0 Å². The smallest absolute Gasteiger partial charge is 0.123 e. The monoisotopic (exact) mass is 320 g/mol. The number of halogens is 2. The van der Waals surface area contributed by atoms with Crippen LogP contribution in [0.15, 0.2) is 42.5 Å².